The Morgan fingerprint density at radius 1 is 1.50 bits per heavy atom. The number of anilines is 1. The Morgan fingerprint density at radius 3 is 2.95 bits per heavy atom. The number of hydrogen-bond donors (Lipinski definition) is 3. The molecule has 1 aliphatic rings. The maximum absolute atomic E-state index is 9.08. The number of aliphatic hydroxyl groups is 1. The number of nitrogens with zero attached hydrogens (tertiary/aromatic N) is 2. The Bertz CT molecular complexity index is 491. The van der Waals surface area contributed by atoms with E-state index in [0.29, 0.717) is 11.5 Å². The summed E-state index contributed by atoms with van der Waals surface area (Å²) in [5, 5.41) is 20.8. The maximum atomic E-state index is 9.08. The van der Waals surface area contributed by atoms with Gasteiger partial charge in [-0.1, -0.05) is 5.16 Å². The minimum absolute atomic E-state index is 0.106. The van der Waals surface area contributed by atoms with Crippen LogP contribution < -0.4 is 10.6 Å². The van der Waals surface area contributed by atoms with E-state index in [4.69, 9.17) is 16.0 Å². The fraction of sp³-hybridized carbons (Fsp3) is 0.500. The molecule has 4 N–H and O–H groups in total. The topological polar surface area (TPSA) is 82.1 Å². The average molecular weight is 342 g/mol. The summed E-state index contributed by atoms with van der Waals surface area (Å²) < 4.78 is 0.936. The van der Waals surface area contributed by atoms with Crippen molar-refractivity contribution in [3.8, 4) is 0 Å². The molecule has 1 unspecified atom stereocenters. The van der Waals surface area contributed by atoms with Crippen molar-refractivity contribution in [2.24, 2.45) is 16.8 Å². The largest absolute Gasteiger partial charge is 0.409 e. The van der Waals surface area contributed by atoms with Gasteiger partial charge < -0.3 is 20.9 Å². The summed E-state index contributed by atoms with van der Waals surface area (Å²) in [5.41, 5.74) is 7.39. The van der Waals surface area contributed by atoms with Crippen LogP contribution in [0.15, 0.2) is 27.8 Å². The highest BCUT2D eigenvalue weighted by molar-refractivity contribution is 9.10. The second-order valence-electron chi connectivity index (χ2n) is 5.12. The average Bonchev–Trinajstić information content (AvgIpc) is 2.47. The van der Waals surface area contributed by atoms with Gasteiger partial charge in [0.2, 0.25) is 0 Å². The third kappa shape index (κ3) is 3.43. The van der Waals surface area contributed by atoms with Crippen molar-refractivity contribution in [2.45, 2.75) is 19.3 Å². The van der Waals surface area contributed by atoms with Crippen LogP contribution in [-0.2, 0) is 0 Å². The standard InChI is InChI=1S/C14H20BrN3O2/c15-12-8-11(14(16)17-20)3-4-13(12)18-6-1-2-10(9-18)5-7-19/h3-4,8,10,19-20H,1-2,5-7,9H2,(H2,16,17). The zero-order valence-electron chi connectivity index (χ0n) is 11.3. The second-order valence-corrected chi connectivity index (χ2v) is 5.97. The van der Waals surface area contributed by atoms with Crippen LogP contribution in [0.2, 0.25) is 0 Å². The van der Waals surface area contributed by atoms with Gasteiger partial charge in [-0.05, 0) is 59.3 Å². The quantitative estimate of drug-likeness (QED) is 0.339. The number of oxime groups is 1. The molecule has 1 aromatic rings. The minimum Gasteiger partial charge on any atom is -0.409 e. The lowest BCUT2D eigenvalue weighted by atomic mass is 9.94. The number of aliphatic hydroxyl groups excluding tert-OH is 1. The van der Waals surface area contributed by atoms with Crippen molar-refractivity contribution in [1.29, 1.82) is 0 Å². The van der Waals surface area contributed by atoms with Gasteiger partial charge in [-0.25, -0.2) is 0 Å². The number of benzene rings is 1. The van der Waals surface area contributed by atoms with Gasteiger partial charge in [0.15, 0.2) is 5.84 Å². The highest BCUT2D eigenvalue weighted by atomic mass is 79.9. The van der Waals surface area contributed by atoms with Crippen LogP contribution in [0.3, 0.4) is 0 Å². The van der Waals surface area contributed by atoms with E-state index in [1.54, 1.807) is 0 Å². The first-order valence-electron chi connectivity index (χ1n) is 6.79. The summed E-state index contributed by atoms with van der Waals surface area (Å²) in [4.78, 5) is 2.32. The van der Waals surface area contributed by atoms with Crippen LogP contribution in [0.4, 0.5) is 5.69 Å². The fourth-order valence-electron chi connectivity index (χ4n) is 2.68. The summed E-state index contributed by atoms with van der Waals surface area (Å²) in [7, 11) is 0. The Morgan fingerprint density at radius 2 is 2.30 bits per heavy atom. The highest BCUT2D eigenvalue weighted by Crippen LogP contribution is 2.31. The van der Waals surface area contributed by atoms with Crippen molar-refractivity contribution in [3.63, 3.8) is 0 Å². The van der Waals surface area contributed by atoms with Gasteiger partial charge in [0.1, 0.15) is 0 Å². The van der Waals surface area contributed by atoms with Crippen molar-refractivity contribution in [1.82, 2.24) is 0 Å². The molecule has 0 aromatic heterocycles. The van der Waals surface area contributed by atoms with E-state index in [1.807, 2.05) is 18.2 Å². The molecule has 1 aliphatic heterocycles. The van der Waals surface area contributed by atoms with Gasteiger partial charge >= 0.3 is 0 Å². The van der Waals surface area contributed by atoms with Gasteiger partial charge in [0.25, 0.3) is 0 Å². The normalized spacial score (nSPS) is 20.2. The SMILES string of the molecule is N/C(=N/O)c1ccc(N2CCCC(CCO)C2)c(Br)c1. The molecule has 20 heavy (non-hydrogen) atoms. The molecule has 5 nitrogen and oxygen atoms in total. The number of piperidine rings is 1. The van der Waals surface area contributed by atoms with Gasteiger partial charge in [-0.15, -0.1) is 0 Å². The smallest absolute Gasteiger partial charge is 0.170 e. The van der Waals surface area contributed by atoms with E-state index >= 15 is 0 Å². The summed E-state index contributed by atoms with van der Waals surface area (Å²) in [6.45, 7) is 2.23. The van der Waals surface area contributed by atoms with Crippen molar-refractivity contribution in [3.05, 3.63) is 28.2 Å². The van der Waals surface area contributed by atoms with Crippen LogP contribution in [0, 0.1) is 5.92 Å². The molecular formula is C14H20BrN3O2. The van der Waals surface area contributed by atoms with Gasteiger partial charge in [-0.2, -0.15) is 0 Å². The van der Waals surface area contributed by atoms with Gasteiger partial charge in [-0.3, -0.25) is 0 Å². The third-order valence-corrected chi connectivity index (χ3v) is 4.38. The first kappa shape index (κ1) is 15.1. The van der Waals surface area contributed by atoms with E-state index in [-0.39, 0.29) is 12.4 Å². The molecule has 0 amide bonds. The molecule has 0 saturated carbocycles. The predicted octanol–water partition coefficient (Wildman–Crippen LogP) is 2.14. The number of rotatable bonds is 4. The number of nitrogens with two attached hydrogens (primary N) is 1. The first-order valence-corrected chi connectivity index (χ1v) is 7.58. The monoisotopic (exact) mass is 341 g/mol. The Balaban J connectivity index is 2.16. The molecule has 1 saturated heterocycles. The van der Waals surface area contributed by atoms with Gasteiger partial charge in [0, 0.05) is 29.7 Å². The fourth-order valence-corrected chi connectivity index (χ4v) is 3.31. The van der Waals surface area contributed by atoms with E-state index in [1.165, 1.54) is 6.42 Å². The van der Waals surface area contributed by atoms with Crippen molar-refractivity contribution in [2.75, 3.05) is 24.6 Å². The van der Waals surface area contributed by atoms with E-state index < -0.39 is 0 Å². The molecule has 1 heterocycles. The summed E-state index contributed by atoms with van der Waals surface area (Å²) in [5.74, 6) is 0.651. The van der Waals surface area contributed by atoms with Gasteiger partial charge in [0.05, 0.1) is 5.69 Å². The predicted molar refractivity (Wildman–Crippen MR) is 83.3 cm³/mol. The molecule has 6 heteroatoms. The summed E-state index contributed by atoms with van der Waals surface area (Å²) in [6, 6.07) is 5.70. The third-order valence-electron chi connectivity index (χ3n) is 3.75. The van der Waals surface area contributed by atoms with E-state index in [9.17, 15) is 0 Å². The lowest BCUT2D eigenvalue weighted by Crippen LogP contribution is -2.36. The maximum Gasteiger partial charge on any atom is 0.170 e. The molecule has 1 fully saturated rings. The van der Waals surface area contributed by atoms with Crippen LogP contribution in [-0.4, -0.2) is 35.8 Å². The highest BCUT2D eigenvalue weighted by Gasteiger charge is 2.21. The molecule has 110 valence electrons. The van der Waals surface area contributed by atoms with Crippen LogP contribution in [0.5, 0.6) is 0 Å². The molecular weight excluding hydrogens is 322 g/mol. The zero-order chi connectivity index (χ0) is 14.5. The van der Waals surface area contributed by atoms with E-state index in [0.717, 1.165) is 36.1 Å². The molecule has 1 atom stereocenters. The van der Waals surface area contributed by atoms with E-state index in [2.05, 4.69) is 26.0 Å². The Hall–Kier alpha value is -1.27. The van der Waals surface area contributed by atoms with Crippen LogP contribution in [0.25, 0.3) is 0 Å². The molecule has 0 spiro atoms. The van der Waals surface area contributed by atoms with Crippen LogP contribution in [0.1, 0.15) is 24.8 Å². The Kier molecular flexibility index (Phi) is 5.25. The molecule has 2 rings (SSSR count). The van der Waals surface area contributed by atoms with Crippen molar-refractivity contribution >= 4 is 27.5 Å². The Labute approximate surface area is 127 Å². The molecule has 0 bridgehead atoms. The first-order chi connectivity index (χ1) is 9.65. The number of hydrogen-bond acceptors (Lipinski definition) is 4. The molecule has 0 aliphatic carbocycles. The second kappa shape index (κ2) is 6.95. The number of halogens is 1. The summed E-state index contributed by atoms with van der Waals surface area (Å²) in [6.07, 6.45) is 3.17. The zero-order valence-corrected chi connectivity index (χ0v) is 12.9. The molecule has 1 aromatic carbocycles. The number of amidine groups is 1. The minimum atomic E-state index is 0.106. The summed E-state index contributed by atoms with van der Waals surface area (Å²) >= 11 is 3.56. The lowest BCUT2D eigenvalue weighted by Gasteiger charge is -2.35. The van der Waals surface area contributed by atoms with Crippen molar-refractivity contribution < 1.29 is 10.3 Å². The lowest BCUT2D eigenvalue weighted by molar-refractivity contribution is 0.244. The van der Waals surface area contributed by atoms with Crippen LogP contribution >= 0.6 is 15.9 Å². The molecule has 0 radical (unpaired) electrons.